The molecule has 1 aromatic heterocycles. The Kier molecular flexibility index (Phi) is 9.61. The van der Waals surface area contributed by atoms with Gasteiger partial charge in [-0.3, -0.25) is 4.79 Å². The van der Waals surface area contributed by atoms with Crippen molar-refractivity contribution in [2.45, 2.75) is 78.6 Å². The zero-order valence-corrected chi connectivity index (χ0v) is 20.4. The Hall–Kier alpha value is -3.01. The minimum Gasteiger partial charge on any atom is -0.267 e. The molecule has 1 amide bonds. The second-order valence-electron chi connectivity index (χ2n) is 8.95. The summed E-state index contributed by atoms with van der Waals surface area (Å²) in [5, 5.41) is 5.21. The van der Waals surface area contributed by atoms with E-state index in [1.54, 1.807) is 0 Å². The molecule has 0 saturated carbocycles. The fourth-order valence-corrected chi connectivity index (χ4v) is 4.01. The minimum atomic E-state index is -0.197. The smallest absolute Gasteiger partial charge is 0.267 e. The van der Waals surface area contributed by atoms with Crippen LogP contribution in [0.3, 0.4) is 0 Å². The third-order valence-electron chi connectivity index (χ3n) is 6.05. The molecule has 0 bridgehead atoms. The number of aryl methyl sites for hydroxylation is 1. The molecule has 33 heavy (non-hydrogen) atoms. The maximum Gasteiger partial charge on any atom is 0.272 e. The highest BCUT2D eigenvalue weighted by molar-refractivity contribution is 6.07. The van der Waals surface area contributed by atoms with Gasteiger partial charge in [0.05, 0.1) is 16.8 Å². The monoisotopic (exact) mass is 443 g/mol. The van der Waals surface area contributed by atoms with Crippen molar-refractivity contribution in [1.29, 1.82) is 0 Å². The first-order valence-electron chi connectivity index (χ1n) is 12.4. The molecule has 0 radical (unpaired) electrons. The van der Waals surface area contributed by atoms with Gasteiger partial charge >= 0.3 is 0 Å². The molecule has 0 aliphatic carbocycles. The molecule has 0 spiro atoms. The van der Waals surface area contributed by atoms with Gasteiger partial charge in [-0.05, 0) is 38.8 Å². The molecule has 0 fully saturated rings. The van der Waals surface area contributed by atoms with Crippen LogP contribution in [0.4, 0.5) is 0 Å². The summed E-state index contributed by atoms with van der Waals surface area (Å²) >= 11 is 0. The fourth-order valence-electron chi connectivity index (χ4n) is 4.01. The van der Waals surface area contributed by atoms with E-state index in [1.165, 1.54) is 50.5 Å². The number of fused-ring (bicyclic) bond motifs is 1. The van der Waals surface area contributed by atoms with Crippen LogP contribution in [0.2, 0.25) is 0 Å². The summed E-state index contributed by atoms with van der Waals surface area (Å²) in [5.74, 6) is -0.197. The van der Waals surface area contributed by atoms with Crippen molar-refractivity contribution in [2.75, 3.05) is 0 Å². The van der Waals surface area contributed by atoms with Crippen LogP contribution in [0.25, 0.3) is 22.2 Å². The molecule has 1 heterocycles. The van der Waals surface area contributed by atoms with Gasteiger partial charge in [0, 0.05) is 16.7 Å². The van der Waals surface area contributed by atoms with Gasteiger partial charge in [0.25, 0.3) is 5.91 Å². The number of nitrogens with one attached hydrogen (secondary N) is 1. The Morgan fingerprint density at radius 2 is 1.58 bits per heavy atom. The van der Waals surface area contributed by atoms with Crippen molar-refractivity contribution in [2.24, 2.45) is 5.10 Å². The molecule has 4 heteroatoms. The van der Waals surface area contributed by atoms with Gasteiger partial charge in [-0.1, -0.05) is 99.9 Å². The number of hydrazone groups is 1. The number of rotatable bonds is 12. The van der Waals surface area contributed by atoms with Gasteiger partial charge in [-0.2, -0.15) is 5.10 Å². The van der Waals surface area contributed by atoms with E-state index in [0.717, 1.165) is 40.7 Å². The number of hydrogen-bond donors (Lipinski definition) is 1. The van der Waals surface area contributed by atoms with Crippen LogP contribution >= 0.6 is 0 Å². The van der Waals surface area contributed by atoms with E-state index in [1.807, 2.05) is 49.4 Å². The molecule has 3 rings (SSSR count). The van der Waals surface area contributed by atoms with E-state index in [-0.39, 0.29) is 5.91 Å². The van der Waals surface area contributed by atoms with E-state index >= 15 is 0 Å². The van der Waals surface area contributed by atoms with Gasteiger partial charge in [-0.25, -0.2) is 10.4 Å². The van der Waals surface area contributed by atoms with Crippen LogP contribution in [0.15, 0.2) is 59.7 Å². The number of para-hydroxylation sites is 1. The summed E-state index contributed by atoms with van der Waals surface area (Å²) < 4.78 is 0. The summed E-state index contributed by atoms with van der Waals surface area (Å²) in [5.41, 5.74) is 8.12. The van der Waals surface area contributed by atoms with Crippen LogP contribution in [0.1, 0.15) is 87.6 Å². The Morgan fingerprint density at radius 3 is 2.30 bits per heavy atom. The van der Waals surface area contributed by atoms with Crippen molar-refractivity contribution in [3.8, 4) is 11.3 Å². The zero-order valence-electron chi connectivity index (χ0n) is 20.4. The standard InChI is InChI=1S/C29H37N3O/c1-4-5-6-7-8-9-10-11-14-23(3)31-32-29(33)26-21-28(24-19-17-22(2)18-20-24)30-27-16-13-12-15-25(26)27/h12-13,15-21H,4-11,14H2,1-3H3,(H,32,33)/b31-23-. The van der Waals surface area contributed by atoms with E-state index in [9.17, 15) is 4.79 Å². The predicted octanol–water partition coefficient (Wildman–Crippen LogP) is 7.85. The number of unbranched alkanes of at least 4 members (excludes halogenated alkanes) is 7. The summed E-state index contributed by atoms with van der Waals surface area (Å²) in [6, 6.07) is 17.8. The summed E-state index contributed by atoms with van der Waals surface area (Å²) in [7, 11) is 0. The normalized spacial score (nSPS) is 11.7. The minimum absolute atomic E-state index is 0.197. The van der Waals surface area contributed by atoms with E-state index in [0.29, 0.717) is 5.56 Å². The highest BCUT2D eigenvalue weighted by Gasteiger charge is 2.13. The second kappa shape index (κ2) is 12.9. The topological polar surface area (TPSA) is 54.4 Å². The Morgan fingerprint density at radius 1 is 0.909 bits per heavy atom. The molecule has 0 atom stereocenters. The van der Waals surface area contributed by atoms with Crippen LogP contribution in [0, 0.1) is 6.92 Å². The average Bonchev–Trinajstić information content (AvgIpc) is 2.84. The van der Waals surface area contributed by atoms with Crippen molar-refractivity contribution in [3.63, 3.8) is 0 Å². The molecule has 174 valence electrons. The Labute approximate surface area is 198 Å². The number of benzene rings is 2. The Bertz CT molecular complexity index is 1070. The van der Waals surface area contributed by atoms with Gasteiger partial charge in [-0.15, -0.1) is 0 Å². The molecule has 3 aromatic rings. The molecule has 0 aliphatic heterocycles. The first-order chi connectivity index (χ1) is 16.1. The third-order valence-corrected chi connectivity index (χ3v) is 6.05. The first-order valence-corrected chi connectivity index (χ1v) is 12.4. The quantitative estimate of drug-likeness (QED) is 0.176. The molecule has 0 saturated heterocycles. The average molecular weight is 444 g/mol. The molecule has 0 aliphatic rings. The third kappa shape index (κ3) is 7.52. The van der Waals surface area contributed by atoms with Crippen molar-refractivity contribution < 1.29 is 4.79 Å². The van der Waals surface area contributed by atoms with Crippen LogP contribution < -0.4 is 5.43 Å². The first kappa shape index (κ1) is 24.6. The van der Waals surface area contributed by atoms with Crippen molar-refractivity contribution >= 4 is 22.5 Å². The van der Waals surface area contributed by atoms with Crippen LogP contribution in [0.5, 0.6) is 0 Å². The van der Waals surface area contributed by atoms with E-state index < -0.39 is 0 Å². The predicted molar refractivity (Wildman–Crippen MR) is 140 cm³/mol. The number of nitrogens with zero attached hydrogens (tertiary/aromatic N) is 2. The highest BCUT2D eigenvalue weighted by atomic mass is 16.2. The van der Waals surface area contributed by atoms with Gasteiger partial charge in [0.1, 0.15) is 0 Å². The highest BCUT2D eigenvalue weighted by Crippen LogP contribution is 2.25. The second-order valence-corrected chi connectivity index (χ2v) is 8.95. The lowest BCUT2D eigenvalue weighted by molar-refractivity contribution is 0.0956. The maximum absolute atomic E-state index is 13.1. The van der Waals surface area contributed by atoms with Gasteiger partial charge in [0.2, 0.25) is 0 Å². The summed E-state index contributed by atoms with van der Waals surface area (Å²) in [6.45, 7) is 6.30. The lowest BCUT2D eigenvalue weighted by Gasteiger charge is -2.10. The van der Waals surface area contributed by atoms with E-state index in [2.05, 4.69) is 36.5 Å². The van der Waals surface area contributed by atoms with Crippen molar-refractivity contribution in [1.82, 2.24) is 10.4 Å². The molecule has 2 aromatic carbocycles. The maximum atomic E-state index is 13.1. The number of amides is 1. The molecular formula is C29H37N3O. The number of aromatic nitrogens is 1. The van der Waals surface area contributed by atoms with Crippen molar-refractivity contribution in [3.05, 3.63) is 65.7 Å². The lowest BCUT2D eigenvalue weighted by Crippen LogP contribution is -2.19. The summed E-state index contributed by atoms with van der Waals surface area (Å²) in [6.07, 6.45) is 11.2. The number of carbonyl (C=O) groups excluding carboxylic acids is 1. The molecule has 0 unspecified atom stereocenters. The fraction of sp³-hybridized carbons (Fsp3) is 0.414. The number of pyridine rings is 1. The summed E-state index contributed by atoms with van der Waals surface area (Å²) in [4.78, 5) is 17.8. The molecule has 4 nitrogen and oxygen atoms in total. The Balaban J connectivity index is 1.62. The lowest BCUT2D eigenvalue weighted by atomic mass is 10.0. The van der Waals surface area contributed by atoms with Gasteiger partial charge in [0.15, 0.2) is 0 Å². The SMILES string of the molecule is CCCCCCCCCC/C(C)=N\NC(=O)c1cc(-c2ccc(C)cc2)nc2ccccc12. The molecular weight excluding hydrogens is 406 g/mol. The molecule has 1 N–H and O–H groups in total. The van der Waals surface area contributed by atoms with Gasteiger partial charge < -0.3 is 0 Å². The number of carbonyl (C=O) groups is 1. The van der Waals surface area contributed by atoms with Crippen LogP contribution in [-0.4, -0.2) is 16.6 Å². The largest absolute Gasteiger partial charge is 0.272 e. The van der Waals surface area contributed by atoms with E-state index in [4.69, 9.17) is 4.98 Å². The number of hydrogen-bond acceptors (Lipinski definition) is 3. The zero-order chi connectivity index (χ0) is 23.5. The van der Waals surface area contributed by atoms with Crippen LogP contribution in [-0.2, 0) is 0 Å².